The molecule has 0 aliphatic rings. The molecular weight excluding hydrogens is 114 g/mol. The van der Waals surface area contributed by atoms with Gasteiger partial charge in [-0.05, 0) is 24.3 Å². The van der Waals surface area contributed by atoms with Crippen LogP contribution in [0.2, 0.25) is 0 Å². The van der Waals surface area contributed by atoms with Crippen molar-refractivity contribution in [1.82, 2.24) is 0 Å². The first-order chi connectivity index (χ1) is 5.47. The van der Waals surface area contributed by atoms with Gasteiger partial charge in [0.15, 0.2) is 0 Å². The first kappa shape index (κ1) is 3.11. The number of nitrogens with two attached hydrogens (primary N) is 1. The summed E-state index contributed by atoms with van der Waals surface area (Å²) >= 11 is 0. The molecule has 0 aromatic heterocycles. The third-order valence-corrected chi connectivity index (χ3v) is 0.998. The molecule has 2 heteroatoms. The lowest BCUT2D eigenvalue weighted by atomic mass is 10.3. The van der Waals surface area contributed by atoms with Crippen LogP contribution >= 0.6 is 0 Å². The molecule has 0 aliphatic carbocycles. The maximum atomic E-state index is 6.80. The van der Waals surface area contributed by atoms with Crippen LogP contribution in [0.3, 0.4) is 0 Å². The molecule has 0 atom stereocenters. The highest BCUT2D eigenvalue weighted by atomic mass is 16.5. The first-order valence-electron chi connectivity index (χ1n) is 4.02. The second-order valence-electron chi connectivity index (χ2n) is 1.67. The minimum Gasteiger partial charge on any atom is -0.497 e. The summed E-state index contributed by atoms with van der Waals surface area (Å²) < 4.78 is 25.0. The summed E-state index contributed by atoms with van der Waals surface area (Å²) in [7, 11) is -2.39. The van der Waals surface area contributed by atoms with Crippen molar-refractivity contribution >= 4 is 5.69 Å². The van der Waals surface area contributed by atoms with Crippen molar-refractivity contribution in [2.24, 2.45) is 0 Å². The van der Waals surface area contributed by atoms with Gasteiger partial charge in [-0.2, -0.15) is 0 Å². The van der Waals surface area contributed by atoms with Gasteiger partial charge < -0.3 is 10.5 Å². The van der Waals surface area contributed by atoms with Crippen LogP contribution in [0.1, 0.15) is 4.11 Å². The Morgan fingerprint density at radius 1 is 1.44 bits per heavy atom. The predicted octanol–water partition coefficient (Wildman–Crippen LogP) is 1.28. The zero-order chi connectivity index (χ0) is 9.19. The number of anilines is 1. The van der Waals surface area contributed by atoms with Gasteiger partial charge in [0.1, 0.15) is 5.75 Å². The molecular formula is C7H9NO. The van der Waals surface area contributed by atoms with Crippen molar-refractivity contribution in [3.8, 4) is 5.75 Å². The monoisotopic (exact) mass is 126 g/mol. The lowest BCUT2D eigenvalue weighted by Crippen LogP contribution is -1.84. The number of hydrogen-bond donors (Lipinski definition) is 1. The standard InChI is InChI=1S/C7H9NO/c1-9-7-4-2-6(8)3-5-7/h2-5H,8H2,1H3/i1D3. The molecule has 0 fully saturated rings. The van der Waals surface area contributed by atoms with Gasteiger partial charge >= 0.3 is 0 Å². The molecule has 9 heavy (non-hydrogen) atoms. The molecule has 2 nitrogen and oxygen atoms in total. The molecule has 0 saturated heterocycles. The van der Waals surface area contributed by atoms with Crippen LogP contribution in [0.15, 0.2) is 24.3 Å². The Morgan fingerprint density at radius 2 is 2.11 bits per heavy atom. The van der Waals surface area contributed by atoms with E-state index in [1.54, 1.807) is 12.1 Å². The molecule has 0 saturated carbocycles. The number of hydrogen-bond acceptors (Lipinski definition) is 2. The Hall–Kier alpha value is -1.18. The predicted molar refractivity (Wildman–Crippen MR) is 37.4 cm³/mol. The third kappa shape index (κ3) is 1.35. The molecule has 0 bridgehead atoms. The Kier molecular flexibility index (Phi) is 0.827. The van der Waals surface area contributed by atoms with E-state index in [2.05, 4.69) is 4.74 Å². The van der Waals surface area contributed by atoms with E-state index in [0.717, 1.165) is 0 Å². The van der Waals surface area contributed by atoms with Crippen molar-refractivity contribution in [3.63, 3.8) is 0 Å². The van der Waals surface area contributed by atoms with E-state index in [4.69, 9.17) is 9.85 Å². The van der Waals surface area contributed by atoms with Crippen molar-refractivity contribution in [2.75, 3.05) is 12.8 Å². The number of rotatable bonds is 1. The van der Waals surface area contributed by atoms with Crippen molar-refractivity contribution in [3.05, 3.63) is 24.3 Å². The fourth-order valence-corrected chi connectivity index (χ4v) is 0.536. The van der Waals surface area contributed by atoms with Crippen LogP contribution in [-0.2, 0) is 0 Å². The minimum atomic E-state index is -2.39. The molecule has 0 spiro atoms. The largest absolute Gasteiger partial charge is 0.497 e. The van der Waals surface area contributed by atoms with Crippen LogP contribution < -0.4 is 10.5 Å². The molecule has 48 valence electrons. The lowest BCUT2D eigenvalue weighted by molar-refractivity contribution is 0.415. The average Bonchev–Trinajstić information content (AvgIpc) is 1.91. The Labute approximate surface area is 58.5 Å². The van der Waals surface area contributed by atoms with E-state index < -0.39 is 7.04 Å². The average molecular weight is 126 g/mol. The topological polar surface area (TPSA) is 35.2 Å². The summed E-state index contributed by atoms with van der Waals surface area (Å²) in [4.78, 5) is 0. The quantitative estimate of drug-likeness (QED) is 0.575. The van der Waals surface area contributed by atoms with Gasteiger partial charge in [-0.3, -0.25) is 0 Å². The number of benzene rings is 1. The molecule has 0 radical (unpaired) electrons. The molecule has 0 unspecified atom stereocenters. The molecule has 1 rings (SSSR count). The van der Waals surface area contributed by atoms with E-state index in [9.17, 15) is 0 Å². The summed E-state index contributed by atoms with van der Waals surface area (Å²) in [5, 5.41) is 0. The maximum absolute atomic E-state index is 6.80. The number of ether oxygens (including phenoxy) is 1. The van der Waals surface area contributed by atoms with Crippen LogP contribution in [0, 0.1) is 0 Å². The summed E-state index contributed by atoms with van der Waals surface area (Å²) in [6.07, 6.45) is 0. The van der Waals surface area contributed by atoms with Gasteiger partial charge in [0.2, 0.25) is 0 Å². The van der Waals surface area contributed by atoms with Gasteiger partial charge in [0.05, 0.1) is 11.2 Å². The zero-order valence-corrected chi connectivity index (χ0v) is 4.79. The van der Waals surface area contributed by atoms with Crippen molar-refractivity contribution in [1.29, 1.82) is 0 Å². The SMILES string of the molecule is [2H]C([2H])([2H])Oc1ccc(N)cc1. The third-order valence-electron chi connectivity index (χ3n) is 0.998. The number of methoxy groups -OCH3 is 1. The van der Waals surface area contributed by atoms with Crippen molar-refractivity contribution in [2.45, 2.75) is 0 Å². The molecule has 1 aromatic rings. The summed E-state index contributed by atoms with van der Waals surface area (Å²) in [5.74, 6) is 0.296. The summed E-state index contributed by atoms with van der Waals surface area (Å²) in [6, 6.07) is 6.20. The van der Waals surface area contributed by atoms with Crippen LogP contribution in [0.25, 0.3) is 0 Å². The van der Waals surface area contributed by atoms with E-state index in [1.807, 2.05) is 0 Å². The normalized spacial score (nSPS) is 15.3. The van der Waals surface area contributed by atoms with E-state index in [0.29, 0.717) is 11.4 Å². The van der Waals surface area contributed by atoms with Crippen LogP contribution in [0.5, 0.6) is 5.75 Å². The maximum Gasteiger partial charge on any atom is 0.119 e. The summed E-state index contributed by atoms with van der Waals surface area (Å²) in [6.45, 7) is 0. The lowest BCUT2D eigenvalue weighted by Gasteiger charge is -1.97. The first-order valence-corrected chi connectivity index (χ1v) is 2.52. The summed E-state index contributed by atoms with van der Waals surface area (Å²) in [5.41, 5.74) is 5.97. The Morgan fingerprint density at radius 3 is 2.67 bits per heavy atom. The number of nitrogen functional groups attached to an aromatic ring is 1. The zero-order valence-electron chi connectivity index (χ0n) is 7.79. The fraction of sp³-hybridized carbons (Fsp3) is 0.143. The molecule has 0 amide bonds. The van der Waals surface area contributed by atoms with Crippen molar-refractivity contribution < 1.29 is 8.85 Å². The van der Waals surface area contributed by atoms with Gasteiger partial charge in [-0.1, -0.05) is 0 Å². The van der Waals surface area contributed by atoms with E-state index >= 15 is 0 Å². The molecule has 0 aliphatic heterocycles. The highest BCUT2D eigenvalue weighted by Crippen LogP contribution is 2.11. The highest BCUT2D eigenvalue weighted by Gasteiger charge is 1.85. The van der Waals surface area contributed by atoms with E-state index in [-0.39, 0.29) is 0 Å². The minimum absolute atomic E-state index is 0.296. The molecule has 2 N–H and O–H groups in total. The Bertz CT molecular complexity index is 254. The van der Waals surface area contributed by atoms with Gasteiger partial charge in [-0.25, -0.2) is 0 Å². The van der Waals surface area contributed by atoms with E-state index in [1.165, 1.54) is 12.1 Å². The van der Waals surface area contributed by atoms with Gasteiger partial charge in [0, 0.05) is 5.69 Å². The van der Waals surface area contributed by atoms with Gasteiger partial charge in [0.25, 0.3) is 0 Å². The highest BCUT2D eigenvalue weighted by molar-refractivity contribution is 5.41. The second-order valence-corrected chi connectivity index (χ2v) is 1.67. The Balaban J connectivity index is 2.71. The van der Waals surface area contributed by atoms with Gasteiger partial charge in [-0.15, -0.1) is 0 Å². The fourth-order valence-electron chi connectivity index (χ4n) is 0.536. The molecule has 0 heterocycles. The van der Waals surface area contributed by atoms with Crippen LogP contribution in [-0.4, -0.2) is 7.04 Å². The molecule has 1 aromatic carbocycles. The van der Waals surface area contributed by atoms with Crippen LogP contribution in [0.4, 0.5) is 5.69 Å². The second kappa shape index (κ2) is 2.40. The smallest absolute Gasteiger partial charge is 0.119 e.